The molecule has 1 saturated heterocycles. The third-order valence-electron chi connectivity index (χ3n) is 7.71. The van der Waals surface area contributed by atoms with Crippen molar-refractivity contribution in [1.29, 1.82) is 0 Å². The summed E-state index contributed by atoms with van der Waals surface area (Å²) in [6.07, 6.45) is 0.292. The zero-order valence-corrected chi connectivity index (χ0v) is 27.5. The SMILES string of the molecule is CC(=O)Nc1ccc(SCC2CC(c3ccc(CO)cc3)OC(c3cccc(NC(=O)CCCC(=O)Nc4ccccc4N)c3)O2)cc1. The lowest BCUT2D eigenvalue weighted by Gasteiger charge is -2.36. The van der Waals surface area contributed by atoms with Crippen molar-refractivity contribution < 1.29 is 29.0 Å². The number of carbonyl (C=O) groups excluding carboxylic acids is 3. The molecule has 250 valence electrons. The van der Waals surface area contributed by atoms with Gasteiger partial charge in [-0.1, -0.05) is 48.5 Å². The lowest BCUT2D eigenvalue weighted by molar-refractivity contribution is -0.245. The van der Waals surface area contributed by atoms with Crippen molar-refractivity contribution >= 4 is 52.2 Å². The molecule has 3 atom stereocenters. The summed E-state index contributed by atoms with van der Waals surface area (Å²) in [6.45, 7) is 1.44. The minimum absolute atomic E-state index is 0.0357. The summed E-state index contributed by atoms with van der Waals surface area (Å²) in [5.41, 5.74) is 10.8. The molecule has 4 aromatic rings. The highest BCUT2D eigenvalue weighted by Crippen LogP contribution is 2.40. The van der Waals surface area contributed by atoms with Gasteiger partial charge in [0.25, 0.3) is 0 Å². The average Bonchev–Trinajstić information content (AvgIpc) is 3.09. The van der Waals surface area contributed by atoms with E-state index < -0.39 is 6.29 Å². The van der Waals surface area contributed by atoms with E-state index in [1.807, 2.05) is 66.7 Å². The molecule has 1 fully saturated rings. The lowest BCUT2D eigenvalue weighted by atomic mass is 10.0. The van der Waals surface area contributed by atoms with Crippen LogP contribution in [0.1, 0.15) is 61.7 Å². The summed E-state index contributed by atoms with van der Waals surface area (Å²) in [7, 11) is 0. The molecule has 1 heterocycles. The number of hydrogen-bond donors (Lipinski definition) is 5. The van der Waals surface area contributed by atoms with Crippen LogP contribution in [0.25, 0.3) is 0 Å². The molecule has 0 spiro atoms. The molecular weight excluding hydrogens is 628 g/mol. The van der Waals surface area contributed by atoms with Gasteiger partial charge in [-0.15, -0.1) is 11.8 Å². The van der Waals surface area contributed by atoms with E-state index in [1.165, 1.54) is 6.92 Å². The molecule has 0 aromatic heterocycles. The van der Waals surface area contributed by atoms with Crippen LogP contribution in [-0.2, 0) is 30.5 Å². The van der Waals surface area contributed by atoms with Crippen molar-refractivity contribution in [1.82, 2.24) is 0 Å². The third kappa shape index (κ3) is 10.2. The Morgan fingerprint density at radius 3 is 2.25 bits per heavy atom. The number of para-hydroxylation sites is 2. The number of carbonyl (C=O) groups is 3. The fourth-order valence-corrected chi connectivity index (χ4v) is 6.19. The first-order valence-corrected chi connectivity index (χ1v) is 16.8. The van der Waals surface area contributed by atoms with Crippen LogP contribution < -0.4 is 21.7 Å². The van der Waals surface area contributed by atoms with Crippen LogP contribution in [0.15, 0.2) is 102 Å². The minimum atomic E-state index is -0.681. The second-order valence-corrected chi connectivity index (χ2v) is 12.6. The highest BCUT2D eigenvalue weighted by Gasteiger charge is 2.32. The van der Waals surface area contributed by atoms with Crippen LogP contribution in [0.2, 0.25) is 0 Å². The first kappa shape index (κ1) is 34.6. The average molecular weight is 669 g/mol. The highest BCUT2D eigenvalue weighted by molar-refractivity contribution is 7.99. The van der Waals surface area contributed by atoms with Gasteiger partial charge in [-0.2, -0.15) is 0 Å². The topological polar surface area (TPSA) is 152 Å². The predicted molar refractivity (Wildman–Crippen MR) is 188 cm³/mol. The molecule has 6 N–H and O–H groups in total. The number of rotatable bonds is 13. The molecule has 11 heteroatoms. The fourth-order valence-electron chi connectivity index (χ4n) is 5.27. The number of anilines is 4. The Balaban J connectivity index is 1.20. The molecule has 1 aliphatic rings. The van der Waals surface area contributed by atoms with E-state index in [1.54, 1.807) is 42.1 Å². The summed E-state index contributed by atoms with van der Waals surface area (Å²) in [5, 5.41) is 18.0. The van der Waals surface area contributed by atoms with E-state index in [0.717, 1.165) is 27.3 Å². The Labute approximate surface area is 284 Å². The summed E-state index contributed by atoms with van der Waals surface area (Å²) in [5.74, 6) is 0.148. The van der Waals surface area contributed by atoms with Crippen LogP contribution in [0.5, 0.6) is 0 Å². The van der Waals surface area contributed by atoms with Crippen molar-refractivity contribution in [3.8, 4) is 0 Å². The maximum Gasteiger partial charge on any atom is 0.224 e. The van der Waals surface area contributed by atoms with Gasteiger partial charge in [-0.05, 0) is 66.1 Å². The molecule has 0 bridgehead atoms. The first-order chi connectivity index (χ1) is 23.2. The minimum Gasteiger partial charge on any atom is -0.397 e. The molecule has 3 amide bonds. The number of aliphatic hydroxyl groups excluding tert-OH is 1. The molecular formula is C37H40N4O6S. The van der Waals surface area contributed by atoms with Crippen LogP contribution in [-0.4, -0.2) is 34.7 Å². The third-order valence-corrected chi connectivity index (χ3v) is 8.85. The number of nitrogen functional groups attached to an aromatic ring is 1. The molecule has 3 unspecified atom stereocenters. The van der Waals surface area contributed by atoms with E-state index in [4.69, 9.17) is 15.2 Å². The van der Waals surface area contributed by atoms with Gasteiger partial charge in [0.2, 0.25) is 17.7 Å². The second kappa shape index (κ2) is 16.9. The zero-order chi connectivity index (χ0) is 33.9. The van der Waals surface area contributed by atoms with Gasteiger partial charge >= 0.3 is 0 Å². The first-order valence-electron chi connectivity index (χ1n) is 15.8. The van der Waals surface area contributed by atoms with Crippen molar-refractivity contribution in [3.63, 3.8) is 0 Å². The molecule has 5 rings (SSSR count). The number of ether oxygens (including phenoxy) is 2. The summed E-state index contributed by atoms with van der Waals surface area (Å²) in [6, 6.07) is 29.8. The second-order valence-electron chi connectivity index (χ2n) is 11.5. The smallest absolute Gasteiger partial charge is 0.224 e. The Bertz CT molecular complexity index is 1700. The van der Waals surface area contributed by atoms with Crippen LogP contribution in [0.4, 0.5) is 22.7 Å². The molecule has 0 radical (unpaired) electrons. The highest BCUT2D eigenvalue weighted by atomic mass is 32.2. The van der Waals surface area contributed by atoms with Crippen LogP contribution in [0, 0.1) is 0 Å². The maximum atomic E-state index is 12.8. The number of aliphatic hydroxyl groups is 1. The predicted octanol–water partition coefficient (Wildman–Crippen LogP) is 6.80. The Morgan fingerprint density at radius 2 is 1.54 bits per heavy atom. The van der Waals surface area contributed by atoms with E-state index in [0.29, 0.717) is 35.7 Å². The molecule has 10 nitrogen and oxygen atoms in total. The van der Waals surface area contributed by atoms with Crippen LogP contribution >= 0.6 is 11.8 Å². The van der Waals surface area contributed by atoms with E-state index in [2.05, 4.69) is 16.0 Å². The fraction of sp³-hybridized carbons (Fsp3) is 0.270. The Hall–Kier alpha value is -4.68. The van der Waals surface area contributed by atoms with Gasteiger partial charge in [0.15, 0.2) is 6.29 Å². The lowest BCUT2D eigenvalue weighted by Crippen LogP contribution is -2.31. The quantitative estimate of drug-likeness (QED) is 0.0770. The number of thioether (sulfide) groups is 1. The van der Waals surface area contributed by atoms with Gasteiger partial charge in [-0.3, -0.25) is 14.4 Å². The van der Waals surface area contributed by atoms with Gasteiger partial charge in [0.1, 0.15) is 0 Å². The van der Waals surface area contributed by atoms with Crippen molar-refractivity contribution in [3.05, 3.63) is 114 Å². The number of amides is 3. The molecule has 48 heavy (non-hydrogen) atoms. The van der Waals surface area contributed by atoms with Gasteiger partial charge in [-0.25, -0.2) is 0 Å². The molecule has 4 aromatic carbocycles. The van der Waals surface area contributed by atoms with Crippen LogP contribution in [0.3, 0.4) is 0 Å². The maximum absolute atomic E-state index is 12.8. The van der Waals surface area contributed by atoms with E-state index >= 15 is 0 Å². The van der Waals surface area contributed by atoms with Crippen molar-refractivity contribution in [2.45, 2.75) is 62.6 Å². The van der Waals surface area contributed by atoms with Gasteiger partial charge in [0, 0.05) is 53.8 Å². The Morgan fingerprint density at radius 1 is 0.812 bits per heavy atom. The number of benzene rings is 4. The number of nitrogens with one attached hydrogen (secondary N) is 3. The number of nitrogens with two attached hydrogens (primary N) is 1. The van der Waals surface area contributed by atoms with Crippen molar-refractivity contribution in [2.24, 2.45) is 0 Å². The van der Waals surface area contributed by atoms with Gasteiger partial charge in [0.05, 0.1) is 30.2 Å². The largest absolute Gasteiger partial charge is 0.397 e. The summed E-state index contributed by atoms with van der Waals surface area (Å²) < 4.78 is 12.9. The zero-order valence-electron chi connectivity index (χ0n) is 26.7. The van der Waals surface area contributed by atoms with E-state index in [-0.39, 0.29) is 49.4 Å². The molecule has 0 aliphatic carbocycles. The Kier molecular flexibility index (Phi) is 12.2. The van der Waals surface area contributed by atoms with Crippen molar-refractivity contribution in [2.75, 3.05) is 27.4 Å². The number of hydrogen-bond acceptors (Lipinski definition) is 8. The summed E-state index contributed by atoms with van der Waals surface area (Å²) in [4.78, 5) is 37.5. The monoisotopic (exact) mass is 668 g/mol. The standard InChI is InChI=1S/C37H40N4O6S/c1-24(43)39-28-16-18-31(19-17-28)48-23-30-21-34(26-14-12-25(22-42)13-15-26)47-37(46-30)27-6-4-7-29(20-27)40-35(44)10-5-11-36(45)41-33-9-3-2-8-32(33)38/h2-4,6-9,12-20,30,34,37,42H,5,10-11,21-23,38H2,1H3,(H,39,43)(H,40,44)(H,41,45). The summed E-state index contributed by atoms with van der Waals surface area (Å²) >= 11 is 1.66. The van der Waals surface area contributed by atoms with Gasteiger partial charge < -0.3 is 36.3 Å². The van der Waals surface area contributed by atoms with E-state index in [9.17, 15) is 19.5 Å². The molecule has 1 aliphatic heterocycles. The molecule has 0 saturated carbocycles. The normalized spacial score (nSPS) is 17.3.